The van der Waals surface area contributed by atoms with Crippen LogP contribution in [0.4, 0.5) is 0 Å². The number of halogens is 1. The lowest BCUT2D eigenvalue weighted by Gasteiger charge is -2.47. The van der Waals surface area contributed by atoms with Crippen molar-refractivity contribution in [1.82, 2.24) is 4.98 Å². The summed E-state index contributed by atoms with van der Waals surface area (Å²) in [7, 11) is 0. The molecule has 0 saturated carbocycles. The minimum atomic E-state index is -2.27. The quantitative estimate of drug-likeness (QED) is 0.407. The number of para-hydroxylation sites is 1. The first kappa shape index (κ1) is 15.7. The number of aromatic amines is 1. The van der Waals surface area contributed by atoms with Crippen LogP contribution in [0.3, 0.4) is 0 Å². The molecule has 120 valence electrons. The molecule has 22 heavy (non-hydrogen) atoms. The number of aromatic nitrogens is 1. The van der Waals surface area contributed by atoms with E-state index in [-0.39, 0.29) is 5.56 Å². The molecule has 0 amide bonds. The van der Waals surface area contributed by atoms with Gasteiger partial charge in [-0.25, -0.2) is 0 Å². The van der Waals surface area contributed by atoms with Crippen LogP contribution in [0, 0.1) is 0 Å². The van der Waals surface area contributed by atoms with Crippen molar-refractivity contribution in [3.63, 3.8) is 0 Å². The summed E-state index contributed by atoms with van der Waals surface area (Å²) in [5.41, 5.74) is -3.09. The van der Waals surface area contributed by atoms with Gasteiger partial charge < -0.3 is 35.3 Å². The topological polar surface area (TPSA) is 126 Å². The predicted octanol–water partition coefficient (Wildman–Crippen LogP) is -0.648. The molecule has 2 heterocycles. The van der Waals surface area contributed by atoms with Crippen LogP contribution in [0.25, 0.3) is 10.9 Å². The highest BCUT2D eigenvalue weighted by Gasteiger charge is 2.57. The normalized spacial score (nSPS) is 37.4. The zero-order valence-electron chi connectivity index (χ0n) is 11.3. The third-order valence-corrected chi connectivity index (χ3v) is 4.32. The lowest BCUT2D eigenvalue weighted by Crippen LogP contribution is -2.66. The molecule has 6 atom stereocenters. The van der Waals surface area contributed by atoms with E-state index in [9.17, 15) is 25.5 Å². The summed E-state index contributed by atoms with van der Waals surface area (Å²) >= 11 is 5.53. The monoisotopic (exact) mass is 329 g/mol. The van der Waals surface area contributed by atoms with Crippen LogP contribution in [0.15, 0.2) is 30.5 Å². The Bertz CT molecular complexity index is 676. The molecule has 1 aromatic carbocycles. The fourth-order valence-corrected chi connectivity index (χ4v) is 3.09. The van der Waals surface area contributed by atoms with Crippen molar-refractivity contribution in [2.75, 3.05) is 0 Å². The third-order valence-electron chi connectivity index (χ3n) is 4.07. The third kappa shape index (κ3) is 2.14. The van der Waals surface area contributed by atoms with Gasteiger partial charge in [0.15, 0.2) is 17.5 Å². The van der Waals surface area contributed by atoms with Gasteiger partial charge in [0.2, 0.25) is 0 Å². The van der Waals surface area contributed by atoms with E-state index in [4.69, 9.17) is 16.3 Å². The van der Waals surface area contributed by atoms with E-state index in [1.54, 1.807) is 24.3 Å². The number of H-pyrrole nitrogens is 1. The van der Waals surface area contributed by atoms with Gasteiger partial charge in [0.1, 0.15) is 18.3 Å². The second kappa shape index (κ2) is 5.47. The summed E-state index contributed by atoms with van der Waals surface area (Å²) in [6, 6.07) is 6.95. The van der Waals surface area contributed by atoms with Crippen LogP contribution in [0.1, 0.15) is 5.56 Å². The maximum atomic E-state index is 10.9. The molecule has 0 spiro atoms. The predicted molar refractivity (Wildman–Crippen MR) is 76.9 cm³/mol. The van der Waals surface area contributed by atoms with E-state index < -0.39 is 35.8 Å². The van der Waals surface area contributed by atoms with Crippen molar-refractivity contribution in [2.24, 2.45) is 0 Å². The molecule has 8 heteroatoms. The smallest absolute Gasteiger partial charge is 0.184 e. The highest BCUT2D eigenvalue weighted by Crippen LogP contribution is 2.41. The van der Waals surface area contributed by atoms with Crippen LogP contribution in [-0.4, -0.2) is 60.7 Å². The molecular formula is C14H16ClNO6. The van der Waals surface area contributed by atoms with Crippen LogP contribution >= 0.6 is 11.6 Å². The number of aliphatic hydroxyl groups is 5. The fraction of sp³-hybridized carbons (Fsp3) is 0.429. The average molecular weight is 330 g/mol. The molecule has 1 aliphatic rings. The van der Waals surface area contributed by atoms with Gasteiger partial charge in [0.25, 0.3) is 0 Å². The van der Waals surface area contributed by atoms with Gasteiger partial charge >= 0.3 is 0 Å². The molecule has 0 aliphatic carbocycles. The summed E-state index contributed by atoms with van der Waals surface area (Å²) in [4.78, 5) is 2.91. The standard InChI is InChI=1S/C14H16ClNO6/c15-12(19)9-10(17)14(21,11(18)13(20)22-9)7-5-16-8-4-2-1-3-6(7)8/h1-5,9-13,16-21H/t9-,10+,11+,12?,13-,14-/m0/s1. The molecule has 1 saturated heterocycles. The van der Waals surface area contributed by atoms with Crippen LogP contribution < -0.4 is 0 Å². The molecule has 1 aromatic heterocycles. The SMILES string of the molecule is OC(Cl)[C@H]1O[C@H](O)[C@@H](O)[C@](O)(c2c[nH]c3ccccc23)[C@@H]1O. The molecular weight excluding hydrogens is 314 g/mol. The molecule has 1 aliphatic heterocycles. The minimum absolute atomic E-state index is 0.174. The summed E-state index contributed by atoms with van der Waals surface area (Å²) in [6.45, 7) is 0. The number of nitrogens with one attached hydrogen (secondary N) is 1. The van der Waals surface area contributed by atoms with E-state index in [2.05, 4.69) is 4.98 Å². The number of aliphatic hydroxyl groups excluding tert-OH is 4. The first-order valence-corrected chi connectivity index (χ1v) is 7.11. The van der Waals surface area contributed by atoms with Gasteiger partial charge in [0, 0.05) is 22.7 Å². The number of benzene rings is 1. The van der Waals surface area contributed by atoms with Gasteiger partial charge in [-0.05, 0) is 6.07 Å². The zero-order valence-corrected chi connectivity index (χ0v) is 12.1. The average Bonchev–Trinajstić information content (AvgIpc) is 2.93. The molecule has 1 unspecified atom stereocenters. The van der Waals surface area contributed by atoms with Crippen molar-refractivity contribution in [3.8, 4) is 0 Å². The maximum absolute atomic E-state index is 10.9. The van der Waals surface area contributed by atoms with E-state index in [1.165, 1.54) is 6.20 Å². The van der Waals surface area contributed by atoms with Crippen molar-refractivity contribution in [3.05, 3.63) is 36.0 Å². The van der Waals surface area contributed by atoms with Crippen LogP contribution in [0.5, 0.6) is 0 Å². The Morgan fingerprint density at radius 2 is 1.86 bits per heavy atom. The molecule has 2 aromatic rings. The lowest BCUT2D eigenvalue weighted by molar-refractivity contribution is -0.329. The van der Waals surface area contributed by atoms with Gasteiger partial charge in [-0.2, -0.15) is 0 Å². The molecule has 0 radical (unpaired) electrons. The Morgan fingerprint density at radius 1 is 1.18 bits per heavy atom. The second-order valence-electron chi connectivity index (χ2n) is 5.33. The summed E-state index contributed by atoms with van der Waals surface area (Å²) < 4.78 is 4.88. The highest BCUT2D eigenvalue weighted by molar-refractivity contribution is 6.19. The Morgan fingerprint density at radius 3 is 2.55 bits per heavy atom. The Hall–Kier alpha value is -1.19. The number of rotatable bonds is 2. The zero-order chi connectivity index (χ0) is 16.1. The van der Waals surface area contributed by atoms with E-state index >= 15 is 0 Å². The van der Waals surface area contributed by atoms with Crippen molar-refractivity contribution < 1.29 is 30.3 Å². The van der Waals surface area contributed by atoms with Gasteiger partial charge in [-0.15, -0.1) is 0 Å². The van der Waals surface area contributed by atoms with Gasteiger partial charge in [-0.3, -0.25) is 0 Å². The summed E-state index contributed by atoms with van der Waals surface area (Å²) in [5, 5.41) is 51.3. The summed E-state index contributed by atoms with van der Waals surface area (Å²) in [6.07, 6.45) is -5.45. The Kier molecular flexibility index (Phi) is 3.90. The second-order valence-corrected chi connectivity index (χ2v) is 5.77. The first-order valence-electron chi connectivity index (χ1n) is 6.68. The molecule has 3 rings (SSSR count). The summed E-state index contributed by atoms with van der Waals surface area (Å²) in [5.74, 6) is 0. The van der Waals surface area contributed by atoms with E-state index in [0.29, 0.717) is 10.9 Å². The van der Waals surface area contributed by atoms with Crippen LogP contribution in [0.2, 0.25) is 0 Å². The van der Waals surface area contributed by atoms with Gasteiger partial charge in [-0.1, -0.05) is 29.8 Å². The molecule has 7 nitrogen and oxygen atoms in total. The molecule has 1 fully saturated rings. The lowest BCUT2D eigenvalue weighted by atomic mass is 9.78. The minimum Gasteiger partial charge on any atom is -0.387 e. The number of ether oxygens (including phenoxy) is 1. The molecule has 0 bridgehead atoms. The number of hydrogen-bond acceptors (Lipinski definition) is 6. The van der Waals surface area contributed by atoms with Crippen molar-refractivity contribution >= 4 is 22.5 Å². The maximum Gasteiger partial charge on any atom is 0.184 e. The number of hydrogen-bond donors (Lipinski definition) is 6. The van der Waals surface area contributed by atoms with Crippen molar-refractivity contribution in [1.29, 1.82) is 0 Å². The van der Waals surface area contributed by atoms with Crippen LogP contribution in [-0.2, 0) is 10.3 Å². The molecule has 6 N–H and O–H groups in total. The number of fused-ring (bicyclic) bond motifs is 1. The Labute approximate surface area is 130 Å². The first-order chi connectivity index (χ1) is 10.4. The van der Waals surface area contributed by atoms with E-state index in [1.807, 2.05) is 0 Å². The fourth-order valence-electron chi connectivity index (χ4n) is 2.89. The van der Waals surface area contributed by atoms with Crippen molar-refractivity contribution in [2.45, 2.75) is 35.8 Å². The Balaban J connectivity index is 2.15. The van der Waals surface area contributed by atoms with E-state index in [0.717, 1.165) is 0 Å². The highest BCUT2D eigenvalue weighted by atomic mass is 35.5. The van der Waals surface area contributed by atoms with Gasteiger partial charge in [0.05, 0.1) is 0 Å². The largest absolute Gasteiger partial charge is 0.387 e. The number of alkyl halides is 1.